The van der Waals surface area contributed by atoms with Gasteiger partial charge in [-0.3, -0.25) is 0 Å². The molecular formula is C5H11P. The van der Waals surface area contributed by atoms with Gasteiger partial charge in [0.2, 0.25) is 0 Å². The van der Waals surface area contributed by atoms with Crippen molar-refractivity contribution in [1.82, 2.24) is 0 Å². The molecule has 0 N–H and O–H groups in total. The van der Waals surface area contributed by atoms with E-state index in [4.69, 9.17) is 0 Å². The molecule has 1 heteroatoms. The van der Waals surface area contributed by atoms with Gasteiger partial charge in [0.1, 0.15) is 0 Å². The van der Waals surface area contributed by atoms with Gasteiger partial charge in [-0.15, -0.1) is 0 Å². The molecule has 0 aliphatic rings. The van der Waals surface area contributed by atoms with Crippen molar-refractivity contribution >= 4 is 9.24 Å². The third kappa shape index (κ3) is 4.43. The maximum absolute atomic E-state index is 4.05. The molecule has 0 amide bonds. The second-order valence-corrected chi connectivity index (χ2v) is 1.88. The molecule has 0 aromatic heterocycles. The second-order valence-electron chi connectivity index (χ2n) is 1.43. The Morgan fingerprint density at radius 2 is 2.00 bits per heavy atom. The van der Waals surface area contributed by atoms with E-state index < -0.39 is 0 Å². The van der Waals surface area contributed by atoms with Crippen LogP contribution in [0.25, 0.3) is 0 Å². The van der Waals surface area contributed by atoms with E-state index in [2.05, 4.69) is 16.2 Å². The van der Waals surface area contributed by atoms with E-state index in [1.807, 2.05) is 0 Å². The van der Waals surface area contributed by atoms with Gasteiger partial charge in [-0.25, -0.2) is 0 Å². The Morgan fingerprint density at radius 3 is 2.17 bits per heavy atom. The highest BCUT2D eigenvalue weighted by Gasteiger charge is 1.76. The molecule has 0 saturated carbocycles. The third-order valence-corrected chi connectivity index (χ3v) is 1.08. The number of hydrogen-bond donors (Lipinski definition) is 0. The summed E-state index contributed by atoms with van der Waals surface area (Å²) in [7, 11) is 4.05. The van der Waals surface area contributed by atoms with E-state index in [9.17, 15) is 0 Å². The molecule has 0 unspecified atom stereocenters. The lowest BCUT2D eigenvalue weighted by atomic mass is 10.3. The largest absolute Gasteiger partial charge is 0.0654 e. The van der Waals surface area contributed by atoms with E-state index in [1.165, 1.54) is 19.3 Å². The molecule has 36 valence electrons. The molecule has 2 radical (unpaired) electrons. The summed E-state index contributed by atoms with van der Waals surface area (Å²) in [6.45, 7) is 2.20. The SMILES string of the molecule is CCCCC[P]. The highest BCUT2D eigenvalue weighted by Crippen LogP contribution is 1.95. The fourth-order valence-electron chi connectivity index (χ4n) is 0.362. The molecule has 0 aromatic carbocycles. The molecule has 0 saturated heterocycles. The van der Waals surface area contributed by atoms with Crippen LogP contribution >= 0.6 is 9.24 Å². The molecule has 0 aromatic rings. The van der Waals surface area contributed by atoms with Crippen LogP contribution in [0.2, 0.25) is 0 Å². The summed E-state index contributed by atoms with van der Waals surface area (Å²) >= 11 is 0. The van der Waals surface area contributed by atoms with Crippen LogP contribution in [-0.2, 0) is 0 Å². The maximum atomic E-state index is 4.05. The standard InChI is InChI=1S/C5H11P/c1-2-3-4-5-6/h2-5H2,1H3. The van der Waals surface area contributed by atoms with Crippen molar-refractivity contribution in [2.75, 3.05) is 6.16 Å². The van der Waals surface area contributed by atoms with Crippen molar-refractivity contribution in [3.63, 3.8) is 0 Å². The highest BCUT2D eigenvalue weighted by atomic mass is 31.0. The van der Waals surface area contributed by atoms with Crippen molar-refractivity contribution in [3.05, 3.63) is 0 Å². The van der Waals surface area contributed by atoms with E-state index in [0.29, 0.717) is 0 Å². The summed E-state index contributed by atoms with van der Waals surface area (Å²) in [4.78, 5) is 0. The van der Waals surface area contributed by atoms with Crippen molar-refractivity contribution in [3.8, 4) is 0 Å². The van der Waals surface area contributed by atoms with Gasteiger partial charge in [0.25, 0.3) is 0 Å². The third-order valence-electron chi connectivity index (χ3n) is 0.762. The van der Waals surface area contributed by atoms with Gasteiger partial charge in [-0.2, -0.15) is 0 Å². The Kier molecular flexibility index (Phi) is 5.82. The van der Waals surface area contributed by atoms with Crippen LogP contribution < -0.4 is 0 Å². The Hall–Kier alpha value is 0.430. The zero-order valence-corrected chi connectivity index (χ0v) is 5.17. The van der Waals surface area contributed by atoms with Crippen LogP contribution in [-0.4, -0.2) is 6.16 Å². The molecule has 6 heavy (non-hydrogen) atoms. The zero-order chi connectivity index (χ0) is 4.83. The minimum absolute atomic E-state index is 1.05. The summed E-state index contributed by atoms with van der Waals surface area (Å²) in [6, 6.07) is 0. The monoisotopic (exact) mass is 102 g/mol. The van der Waals surface area contributed by atoms with E-state index in [-0.39, 0.29) is 0 Å². The first-order valence-electron chi connectivity index (χ1n) is 2.52. The molecular weight excluding hydrogens is 91.0 g/mol. The predicted molar refractivity (Wildman–Crippen MR) is 31.3 cm³/mol. The first-order valence-corrected chi connectivity index (χ1v) is 3.16. The van der Waals surface area contributed by atoms with Gasteiger partial charge >= 0.3 is 0 Å². The summed E-state index contributed by atoms with van der Waals surface area (Å²) in [5.41, 5.74) is 0. The Bertz CT molecular complexity index is 15.9. The lowest BCUT2D eigenvalue weighted by Crippen LogP contribution is -1.70. The molecule has 0 rings (SSSR count). The molecule has 0 aliphatic carbocycles. The van der Waals surface area contributed by atoms with Crippen molar-refractivity contribution in [1.29, 1.82) is 0 Å². The fraction of sp³-hybridized carbons (Fsp3) is 1.00. The van der Waals surface area contributed by atoms with Gasteiger partial charge in [-0.1, -0.05) is 19.8 Å². The molecule has 0 atom stereocenters. The van der Waals surface area contributed by atoms with Crippen molar-refractivity contribution in [2.45, 2.75) is 26.2 Å². The number of unbranched alkanes of at least 4 members (excludes halogenated alkanes) is 2. The first kappa shape index (κ1) is 6.43. The fourth-order valence-corrected chi connectivity index (χ4v) is 0.585. The molecule has 0 heterocycles. The van der Waals surface area contributed by atoms with Crippen LogP contribution in [0.1, 0.15) is 26.2 Å². The topological polar surface area (TPSA) is 0 Å². The minimum atomic E-state index is 1.05. The first-order chi connectivity index (χ1) is 2.91. The molecule has 0 aliphatic heterocycles. The predicted octanol–water partition coefficient (Wildman–Crippen LogP) is 2.59. The lowest BCUT2D eigenvalue weighted by Gasteiger charge is -1.85. The summed E-state index contributed by atoms with van der Waals surface area (Å²) < 4.78 is 0. The highest BCUT2D eigenvalue weighted by molar-refractivity contribution is 7.16. The van der Waals surface area contributed by atoms with E-state index in [1.54, 1.807) is 0 Å². The Morgan fingerprint density at radius 1 is 1.33 bits per heavy atom. The van der Waals surface area contributed by atoms with Gasteiger partial charge in [-0.05, 0) is 21.8 Å². The average Bonchev–Trinajstić information content (AvgIpc) is 1.61. The van der Waals surface area contributed by atoms with Gasteiger partial charge in [0.15, 0.2) is 0 Å². The van der Waals surface area contributed by atoms with Gasteiger partial charge < -0.3 is 0 Å². The van der Waals surface area contributed by atoms with Gasteiger partial charge in [0, 0.05) is 0 Å². The summed E-state index contributed by atoms with van der Waals surface area (Å²) in [5, 5.41) is 0. The smallest absolute Gasteiger partial charge is 0.0242 e. The minimum Gasteiger partial charge on any atom is -0.0654 e. The maximum Gasteiger partial charge on any atom is -0.0242 e. The van der Waals surface area contributed by atoms with Crippen LogP contribution in [0.15, 0.2) is 0 Å². The number of rotatable bonds is 3. The molecule has 0 bridgehead atoms. The average molecular weight is 102 g/mol. The van der Waals surface area contributed by atoms with Crippen LogP contribution in [0.3, 0.4) is 0 Å². The summed E-state index contributed by atoms with van der Waals surface area (Å²) in [5.74, 6) is 0. The Balaban J connectivity index is 2.34. The van der Waals surface area contributed by atoms with Crippen LogP contribution in [0.5, 0.6) is 0 Å². The lowest BCUT2D eigenvalue weighted by molar-refractivity contribution is 0.779. The molecule has 0 spiro atoms. The van der Waals surface area contributed by atoms with Crippen LogP contribution in [0, 0.1) is 0 Å². The van der Waals surface area contributed by atoms with E-state index in [0.717, 1.165) is 6.16 Å². The van der Waals surface area contributed by atoms with Crippen LogP contribution in [0.4, 0.5) is 0 Å². The van der Waals surface area contributed by atoms with Crippen molar-refractivity contribution in [2.24, 2.45) is 0 Å². The quantitative estimate of drug-likeness (QED) is 0.379. The molecule has 0 nitrogen and oxygen atoms in total. The van der Waals surface area contributed by atoms with Gasteiger partial charge in [0.05, 0.1) is 0 Å². The second kappa shape index (κ2) is 5.43. The Labute approximate surface area is 42.5 Å². The number of hydrogen-bond acceptors (Lipinski definition) is 0. The van der Waals surface area contributed by atoms with E-state index >= 15 is 0 Å². The normalized spacial score (nSPS) is 9.00. The zero-order valence-electron chi connectivity index (χ0n) is 4.28. The molecule has 0 fully saturated rings. The summed E-state index contributed by atoms with van der Waals surface area (Å²) in [6.07, 6.45) is 4.97. The van der Waals surface area contributed by atoms with Crippen molar-refractivity contribution < 1.29 is 0 Å².